The number of nitrogens with one attached hydrogen (secondary N) is 1. The zero-order valence-electron chi connectivity index (χ0n) is 16.5. The molecule has 1 N–H and O–H groups in total. The van der Waals surface area contributed by atoms with Crippen molar-refractivity contribution < 1.29 is 28.6 Å². The Bertz CT molecular complexity index is 1030. The van der Waals surface area contributed by atoms with E-state index >= 15 is 0 Å². The van der Waals surface area contributed by atoms with Crippen molar-refractivity contribution in [2.75, 3.05) is 31.0 Å². The van der Waals surface area contributed by atoms with Crippen molar-refractivity contribution >= 4 is 40.8 Å². The van der Waals surface area contributed by atoms with Crippen LogP contribution in [0.2, 0.25) is 0 Å². The Morgan fingerprint density at radius 1 is 1.03 bits per heavy atom. The van der Waals surface area contributed by atoms with Crippen LogP contribution < -0.4 is 19.7 Å². The highest BCUT2D eigenvalue weighted by atomic mass is 35.5. The molecule has 30 heavy (non-hydrogen) atoms. The van der Waals surface area contributed by atoms with Crippen LogP contribution in [0.5, 0.6) is 11.5 Å². The summed E-state index contributed by atoms with van der Waals surface area (Å²) in [7, 11) is 2.91. The fourth-order valence-electron chi connectivity index (χ4n) is 2.85. The van der Waals surface area contributed by atoms with Crippen LogP contribution >= 0.6 is 11.6 Å². The molecule has 0 saturated heterocycles. The number of hydrogen-bond donors (Lipinski definition) is 1. The van der Waals surface area contributed by atoms with E-state index in [1.54, 1.807) is 43.3 Å². The number of benzene rings is 2. The summed E-state index contributed by atoms with van der Waals surface area (Å²) in [5.74, 6) is -0.987. The van der Waals surface area contributed by atoms with Crippen LogP contribution in [0.4, 0.5) is 11.4 Å². The van der Waals surface area contributed by atoms with Gasteiger partial charge in [-0.1, -0.05) is 11.6 Å². The topological polar surface area (TPSA) is 94.2 Å². The van der Waals surface area contributed by atoms with Gasteiger partial charge in [0, 0.05) is 11.8 Å². The van der Waals surface area contributed by atoms with Gasteiger partial charge in [0.1, 0.15) is 22.2 Å². The Labute approximate surface area is 178 Å². The third-order valence-corrected chi connectivity index (χ3v) is 4.67. The molecule has 0 aromatic heterocycles. The highest BCUT2D eigenvalue weighted by Crippen LogP contribution is 2.37. The molecule has 0 saturated carbocycles. The van der Waals surface area contributed by atoms with Gasteiger partial charge in [-0.2, -0.15) is 0 Å². The normalized spacial score (nSPS) is 13.5. The van der Waals surface area contributed by atoms with Crippen molar-refractivity contribution in [1.29, 1.82) is 0 Å². The molecule has 9 heteroatoms. The summed E-state index contributed by atoms with van der Waals surface area (Å²) in [5.41, 5.74) is 0.992. The highest BCUT2D eigenvalue weighted by molar-refractivity contribution is 6.53. The van der Waals surface area contributed by atoms with Gasteiger partial charge >= 0.3 is 5.97 Å². The van der Waals surface area contributed by atoms with Gasteiger partial charge in [-0.15, -0.1) is 0 Å². The minimum Gasteiger partial charge on any atom is -0.497 e. The lowest BCUT2D eigenvalue weighted by Gasteiger charge is -2.18. The fourth-order valence-corrected chi connectivity index (χ4v) is 3.06. The molecule has 1 heterocycles. The van der Waals surface area contributed by atoms with Gasteiger partial charge in [0.05, 0.1) is 32.1 Å². The Balaban J connectivity index is 1.85. The molecule has 2 aromatic carbocycles. The Hall–Kier alpha value is -3.52. The van der Waals surface area contributed by atoms with Crippen LogP contribution in [0.1, 0.15) is 17.3 Å². The minimum absolute atomic E-state index is 0.0802. The summed E-state index contributed by atoms with van der Waals surface area (Å²) in [5, 5.41) is 2.59. The van der Waals surface area contributed by atoms with Crippen LogP contribution in [0.25, 0.3) is 0 Å². The van der Waals surface area contributed by atoms with Crippen LogP contribution in [0, 0.1) is 0 Å². The Morgan fingerprint density at radius 3 is 2.33 bits per heavy atom. The molecule has 0 atom stereocenters. The molecule has 2 amide bonds. The molecular weight excluding hydrogens is 412 g/mol. The Morgan fingerprint density at radius 2 is 1.73 bits per heavy atom. The molecule has 8 nitrogen and oxygen atoms in total. The molecule has 2 aromatic rings. The number of amides is 2. The van der Waals surface area contributed by atoms with Crippen LogP contribution in [-0.4, -0.2) is 38.6 Å². The van der Waals surface area contributed by atoms with Crippen LogP contribution in [0.15, 0.2) is 53.2 Å². The first-order chi connectivity index (χ1) is 14.4. The molecule has 0 spiro atoms. The average molecular weight is 431 g/mol. The number of methoxy groups -OCH3 is 2. The van der Waals surface area contributed by atoms with E-state index < -0.39 is 17.8 Å². The summed E-state index contributed by atoms with van der Waals surface area (Å²) < 4.78 is 15.4. The number of hydrogen-bond acceptors (Lipinski definition) is 7. The second-order valence-electron chi connectivity index (χ2n) is 6.10. The number of anilines is 2. The summed E-state index contributed by atoms with van der Waals surface area (Å²) >= 11 is 6.16. The monoisotopic (exact) mass is 430 g/mol. The summed E-state index contributed by atoms with van der Waals surface area (Å²) in [6.07, 6.45) is 0. The summed E-state index contributed by atoms with van der Waals surface area (Å²) in [6.45, 7) is 1.98. The predicted octanol–water partition coefficient (Wildman–Crippen LogP) is 3.32. The smallest absolute Gasteiger partial charge is 0.338 e. The largest absolute Gasteiger partial charge is 0.497 e. The van der Waals surface area contributed by atoms with Gasteiger partial charge in [-0.25, -0.2) is 9.69 Å². The minimum atomic E-state index is -0.684. The van der Waals surface area contributed by atoms with Gasteiger partial charge in [0.15, 0.2) is 0 Å². The van der Waals surface area contributed by atoms with E-state index in [1.807, 2.05) is 0 Å². The highest BCUT2D eigenvalue weighted by Gasteiger charge is 2.40. The maximum absolute atomic E-state index is 13.0. The maximum Gasteiger partial charge on any atom is 0.338 e. The van der Waals surface area contributed by atoms with Gasteiger partial charge in [-0.05, 0) is 43.3 Å². The number of halogens is 1. The number of carbonyl (C=O) groups excluding carboxylic acids is 3. The quantitative estimate of drug-likeness (QED) is 0.532. The number of imide groups is 1. The van der Waals surface area contributed by atoms with E-state index in [0.29, 0.717) is 17.0 Å². The molecule has 0 aliphatic carbocycles. The van der Waals surface area contributed by atoms with Crippen molar-refractivity contribution in [3.8, 4) is 11.5 Å². The molecule has 1 aliphatic heterocycles. The lowest BCUT2D eigenvalue weighted by atomic mass is 10.2. The van der Waals surface area contributed by atoms with Crippen LogP contribution in [0.3, 0.4) is 0 Å². The zero-order valence-corrected chi connectivity index (χ0v) is 17.3. The fraction of sp³-hybridized carbons (Fsp3) is 0.190. The maximum atomic E-state index is 13.0. The molecular formula is C21H19ClN2O6. The molecule has 0 fully saturated rings. The lowest BCUT2D eigenvalue weighted by Crippen LogP contribution is -2.32. The summed E-state index contributed by atoms with van der Waals surface area (Å²) in [6, 6.07) is 10.9. The first-order valence-corrected chi connectivity index (χ1v) is 9.33. The van der Waals surface area contributed by atoms with E-state index in [2.05, 4.69) is 5.32 Å². The zero-order chi connectivity index (χ0) is 21.8. The van der Waals surface area contributed by atoms with Gasteiger partial charge < -0.3 is 19.5 Å². The van der Waals surface area contributed by atoms with Crippen LogP contribution in [-0.2, 0) is 14.3 Å². The third-order valence-electron chi connectivity index (χ3n) is 4.32. The molecule has 1 aliphatic rings. The van der Waals surface area contributed by atoms with E-state index in [0.717, 1.165) is 4.90 Å². The molecule has 156 valence electrons. The van der Waals surface area contributed by atoms with Crippen molar-refractivity contribution in [2.24, 2.45) is 0 Å². The molecule has 0 unspecified atom stereocenters. The van der Waals surface area contributed by atoms with Crippen molar-refractivity contribution in [3.05, 3.63) is 58.8 Å². The van der Waals surface area contributed by atoms with E-state index in [-0.39, 0.29) is 28.8 Å². The van der Waals surface area contributed by atoms with Gasteiger partial charge in [0.25, 0.3) is 11.8 Å². The SMILES string of the molecule is CCOC(=O)c1ccc(NC2=C(Cl)C(=O)N(c3ccc(OC)cc3OC)C2=O)cc1. The lowest BCUT2D eigenvalue weighted by molar-refractivity contribution is -0.120. The van der Waals surface area contributed by atoms with Gasteiger partial charge in [-0.3, -0.25) is 9.59 Å². The van der Waals surface area contributed by atoms with Crippen molar-refractivity contribution in [3.63, 3.8) is 0 Å². The number of rotatable bonds is 7. The second-order valence-corrected chi connectivity index (χ2v) is 6.47. The molecule has 3 rings (SSSR count). The predicted molar refractivity (Wildman–Crippen MR) is 111 cm³/mol. The molecule has 0 bridgehead atoms. The van der Waals surface area contributed by atoms with E-state index in [4.69, 9.17) is 25.8 Å². The van der Waals surface area contributed by atoms with E-state index in [1.165, 1.54) is 20.3 Å². The number of nitrogens with zero attached hydrogens (tertiary/aromatic N) is 1. The van der Waals surface area contributed by atoms with Gasteiger partial charge in [0.2, 0.25) is 0 Å². The number of ether oxygens (including phenoxy) is 3. The standard InChI is InChI=1S/C21H19ClN2O6/c1-4-30-21(27)12-5-7-13(8-6-12)23-18-17(22)19(25)24(20(18)26)15-10-9-14(28-2)11-16(15)29-3/h5-11,23H,4H2,1-3H3. The second kappa shape index (κ2) is 8.87. The first-order valence-electron chi connectivity index (χ1n) is 8.96. The molecule has 0 radical (unpaired) electrons. The van der Waals surface area contributed by atoms with E-state index in [9.17, 15) is 14.4 Å². The van der Waals surface area contributed by atoms with Crippen molar-refractivity contribution in [1.82, 2.24) is 0 Å². The number of esters is 1. The first kappa shape index (κ1) is 21.2. The average Bonchev–Trinajstić information content (AvgIpc) is 2.97. The number of carbonyl (C=O) groups is 3. The Kier molecular flexibility index (Phi) is 6.27. The summed E-state index contributed by atoms with van der Waals surface area (Å²) in [4.78, 5) is 38.3. The van der Waals surface area contributed by atoms with Crippen molar-refractivity contribution in [2.45, 2.75) is 6.92 Å². The third kappa shape index (κ3) is 3.95.